The summed E-state index contributed by atoms with van der Waals surface area (Å²) in [5.41, 5.74) is 6.07. The second kappa shape index (κ2) is 6.01. The van der Waals surface area contributed by atoms with Crippen molar-refractivity contribution in [2.45, 2.75) is 27.3 Å². The number of anilines is 1. The molecule has 7 heteroatoms. The van der Waals surface area contributed by atoms with Gasteiger partial charge in [0.15, 0.2) is 5.65 Å². The van der Waals surface area contributed by atoms with Crippen LogP contribution in [0.25, 0.3) is 11.3 Å². The van der Waals surface area contributed by atoms with Crippen molar-refractivity contribution in [1.29, 1.82) is 0 Å². The molecule has 0 bridgehead atoms. The molecule has 3 heterocycles. The van der Waals surface area contributed by atoms with E-state index in [0.717, 1.165) is 39.7 Å². The maximum atomic E-state index is 4.61. The Morgan fingerprint density at radius 3 is 2.76 bits per heavy atom. The summed E-state index contributed by atoms with van der Waals surface area (Å²) in [6.45, 7) is 6.69. The van der Waals surface area contributed by atoms with Gasteiger partial charge in [0, 0.05) is 23.9 Å². The van der Waals surface area contributed by atoms with Gasteiger partial charge in [-0.3, -0.25) is 0 Å². The molecule has 0 spiro atoms. The van der Waals surface area contributed by atoms with Crippen molar-refractivity contribution in [3.63, 3.8) is 0 Å². The van der Waals surface area contributed by atoms with Gasteiger partial charge < -0.3 is 5.32 Å². The fourth-order valence-electron chi connectivity index (χ4n) is 2.88. The zero-order valence-electron chi connectivity index (χ0n) is 14.4. The number of aryl methyl sites for hydroxylation is 3. The summed E-state index contributed by atoms with van der Waals surface area (Å²) in [5, 5.41) is 12.3. The van der Waals surface area contributed by atoms with E-state index in [-0.39, 0.29) is 0 Å². The van der Waals surface area contributed by atoms with Crippen LogP contribution in [0.15, 0.2) is 43.0 Å². The summed E-state index contributed by atoms with van der Waals surface area (Å²) in [7, 11) is 0. The maximum Gasteiger partial charge on any atom is 0.160 e. The Labute approximate surface area is 145 Å². The van der Waals surface area contributed by atoms with Gasteiger partial charge in [0.1, 0.15) is 18.5 Å². The predicted octanol–water partition coefficient (Wildman–Crippen LogP) is 2.85. The average Bonchev–Trinajstić information content (AvgIpc) is 3.23. The van der Waals surface area contributed by atoms with Crippen LogP contribution in [0, 0.1) is 20.8 Å². The van der Waals surface area contributed by atoms with Gasteiger partial charge in [-0.2, -0.15) is 14.7 Å². The minimum absolute atomic E-state index is 0.645. The molecule has 1 N–H and O–H groups in total. The summed E-state index contributed by atoms with van der Waals surface area (Å²) >= 11 is 0. The topological polar surface area (TPSA) is 72.9 Å². The smallest absolute Gasteiger partial charge is 0.160 e. The van der Waals surface area contributed by atoms with Gasteiger partial charge in [-0.1, -0.05) is 18.2 Å². The van der Waals surface area contributed by atoms with Crippen LogP contribution in [0.3, 0.4) is 0 Å². The van der Waals surface area contributed by atoms with Crippen LogP contribution >= 0.6 is 0 Å². The van der Waals surface area contributed by atoms with Crippen molar-refractivity contribution in [1.82, 2.24) is 29.4 Å². The summed E-state index contributed by atoms with van der Waals surface area (Å²) in [5.74, 6) is 0.923. The Kier molecular flexibility index (Phi) is 3.68. The Balaban J connectivity index is 1.69. The third-order valence-corrected chi connectivity index (χ3v) is 4.30. The van der Waals surface area contributed by atoms with E-state index in [2.05, 4.69) is 31.5 Å². The quantitative estimate of drug-likeness (QED) is 0.622. The van der Waals surface area contributed by atoms with Crippen LogP contribution in [0.4, 0.5) is 5.82 Å². The lowest BCUT2D eigenvalue weighted by Crippen LogP contribution is -2.09. The fraction of sp³-hybridized carbons (Fsp3) is 0.222. The SMILES string of the molecule is Cc1cc(NCc2ccccc2-n2cncn2)n2nc(C)c(C)c2n1. The Morgan fingerprint density at radius 2 is 1.96 bits per heavy atom. The van der Waals surface area contributed by atoms with E-state index in [0.29, 0.717) is 6.54 Å². The van der Waals surface area contributed by atoms with Crippen LogP contribution in [0.2, 0.25) is 0 Å². The lowest BCUT2D eigenvalue weighted by Gasteiger charge is -2.12. The van der Waals surface area contributed by atoms with Gasteiger partial charge in [-0.05, 0) is 32.4 Å². The van der Waals surface area contributed by atoms with Crippen molar-refractivity contribution < 1.29 is 0 Å². The minimum Gasteiger partial charge on any atom is -0.366 e. The molecule has 25 heavy (non-hydrogen) atoms. The fourth-order valence-corrected chi connectivity index (χ4v) is 2.88. The highest BCUT2D eigenvalue weighted by molar-refractivity contribution is 5.56. The highest BCUT2D eigenvalue weighted by Gasteiger charge is 2.11. The molecule has 1 aromatic carbocycles. The van der Waals surface area contributed by atoms with Crippen LogP contribution in [0.5, 0.6) is 0 Å². The largest absolute Gasteiger partial charge is 0.366 e. The lowest BCUT2D eigenvalue weighted by molar-refractivity contribution is 0.856. The predicted molar refractivity (Wildman–Crippen MR) is 95.9 cm³/mol. The molecule has 0 amide bonds. The first-order chi connectivity index (χ1) is 12.1. The Morgan fingerprint density at radius 1 is 1.12 bits per heavy atom. The van der Waals surface area contributed by atoms with Crippen LogP contribution < -0.4 is 5.32 Å². The van der Waals surface area contributed by atoms with E-state index in [9.17, 15) is 0 Å². The van der Waals surface area contributed by atoms with Gasteiger partial charge in [0.25, 0.3) is 0 Å². The number of benzene rings is 1. The van der Waals surface area contributed by atoms with Crippen molar-refractivity contribution >= 4 is 11.5 Å². The third kappa shape index (κ3) is 2.73. The van der Waals surface area contributed by atoms with Gasteiger partial charge in [0.05, 0.1) is 11.4 Å². The van der Waals surface area contributed by atoms with E-state index >= 15 is 0 Å². The molecular weight excluding hydrogens is 314 g/mol. The molecule has 0 radical (unpaired) electrons. The first kappa shape index (κ1) is 15.3. The van der Waals surface area contributed by atoms with Crippen molar-refractivity contribution in [3.05, 3.63) is 65.5 Å². The molecule has 0 aliphatic carbocycles. The molecule has 3 aromatic heterocycles. The zero-order chi connectivity index (χ0) is 17.4. The number of para-hydroxylation sites is 1. The van der Waals surface area contributed by atoms with Crippen LogP contribution in [-0.4, -0.2) is 29.4 Å². The van der Waals surface area contributed by atoms with E-state index in [1.165, 1.54) is 6.33 Å². The molecule has 126 valence electrons. The van der Waals surface area contributed by atoms with Crippen molar-refractivity contribution in [2.24, 2.45) is 0 Å². The van der Waals surface area contributed by atoms with Crippen LogP contribution in [0.1, 0.15) is 22.5 Å². The molecule has 4 aromatic rings. The molecular formula is C18H19N7. The molecule has 0 unspecified atom stereocenters. The van der Waals surface area contributed by atoms with E-state index in [1.54, 1.807) is 11.0 Å². The minimum atomic E-state index is 0.645. The molecule has 4 rings (SSSR count). The van der Waals surface area contributed by atoms with Gasteiger partial charge in [0.2, 0.25) is 0 Å². The summed E-state index contributed by atoms with van der Waals surface area (Å²) in [4.78, 5) is 8.64. The number of fused-ring (bicyclic) bond motifs is 1. The standard InChI is InChI=1S/C18H19N7/c1-12-8-17(25-18(22-12)13(2)14(3)23-25)20-9-15-6-4-5-7-16(15)24-11-19-10-21-24/h4-8,10-11,20H,9H2,1-3H3. The lowest BCUT2D eigenvalue weighted by atomic mass is 10.2. The first-order valence-electron chi connectivity index (χ1n) is 8.14. The molecule has 0 saturated heterocycles. The molecule has 0 saturated carbocycles. The van der Waals surface area contributed by atoms with Crippen molar-refractivity contribution in [3.8, 4) is 5.69 Å². The summed E-state index contributed by atoms with van der Waals surface area (Å²) < 4.78 is 3.64. The highest BCUT2D eigenvalue weighted by Crippen LogP contribution is 2.20. The van der Waals surface area contributed by atoms with E-state index in [4.69, 9.17) is 0 Å². The molecule has 0 aliphatic rings. The van der Waals surface area contributed by atoms with Gasteiger partial charge in [-0.25, -0.2) is 14.6 Å². The van der Waals surface area contributed by atoms with E-state index < -0.39 is 0 Å². The number of hydrogen-bond acceptors (Lipinski definition) is 5. The zero-order valence-corrected chi connectivity index (χ0v) is 14.4. The second-order valence-corrected chi connectivity index (χ2v) is 6.05. The molecule has 7 nitrogen and oxygen atoms in total. The molecule has 0 aliphatic heterocycles. The first-order valence-corrected chi connectivity index (χ1v) is 8.14. The van der Waals surface area contributed by atoms with Gasteiger partial charge >= 0.3 is 0 Å². The van der Waals surface area contributed by atoms with Gasteiger partial charge in [-0.15, -0.1) is 0 Å². The normalized spacial score (nSPS) is 11.2. The Hall–Kier alpha value is -3.22. The molecule has 0 atom stereocenters. The van der Waals surface area contributed by atoms with E-state index in [1.807, 2.05) is 49.6 Å². The summed E-state index contributed by atoms with van der Waals surface area (Å²) in [6, 6.07) is 10.1. The maximum absolute atomic E-state index is 4.61. The average molecular weight is 333 g/mol. The number of rotatable bonds is 4. The van der Waals surface area contributed by atoms with Crippen molar-refractivity contribution in [2.75, 3.05) is 5.32 Å². The van der Waals surface area contributed by atoms with Crippen LogP contribution in [-0.2, 0) is 6.54 Å². The highest BCUT2D eigenvalue weighted by atomic mass is 15.3. The monoisotopic (exact) mass is 333 g/mol. The number of hydrogen-bond donors (Lipinski definition) is 1. The number of nitrogens with one attached hydrogen (secondary N) is 1. The number of nitrogens with zero attached hydrogens (tertiary/aromatic N) is 6. The third-order valence-electron chi connectivity index (χ3n) is 4.30. The summed E-state index contributed by atoms with van der Waals surface area (Å²) in [6.07, 6.45) is 3.24. The second-order valence-electron chi connectivity index (χ2n) is 6.05. The number of aromatic nitrogens is 6. The Bertz CT molecular complexity index is 1030. The molecule has 0 fully saturated rings.